The van der Waals surface area contributed by atoms with E-state index in [0.29, 0.717) is 25.2 Å². The van der Waals surface area contributed by atoms with E-state index in [0.717, 1.165) is 40.5 Å². The molecule has 0 aliphatic rings. The molecule has 0 heterocycles. The summed E-state index contributed by atoms with van der Waals surface area (Å²) in [4.78, 5) is 24.2. The molecule has 2 N–H and O–H groups in total. The Labute approximate surface area is 200 Å². The second-order valence-electron chi connectivity index (χ2n) is 7.82. The van der Waals surface area contributed by atoms with Crippen molar-refractivity contribution in [3.05, 3.63) is 71.8 Å². The molecular weight excluding hydrogens is 430 g/mol. The minimum Gasteiger partial charge on any atom is -0.497 e. The van der Waals surface area contributed by atoms with Gasteiger partial charge in [-0.15, -0.1) is 0 Å². The number of amides is 2. The standard InChI is InChI=1S/C27H31N3O4/c1-3-17-34-25-16-13-21-8-4-5-9-23(21)24(25)18-29-30-27(32)19-28-26(31)10-6-7-20-11-14-22(33-2)15-12-20/h4-5,8-9,11-16,18H,3,6-7,10,17,19H2,1-2H3,(H,28,31)(H,30,32)/b29-18-. The van der Waals surface area contributed by atoms with Gasteiger partial charge in [0.05, 0.1) is 26.5 Å². The Bertz CT molecular complexity index is 1130. The molecule has 7 heteroatoms. The van der Waals surface area contributed by atoms with Crippen molar-refractivity contribution in [3.63, 3.8) is 0 Å². The molecule has 0 bridgehead atoms. The molecule has 2 amide bonds. The fraction of sp³-hybridized carbons (Fsp3) is 0.296. The van der Waals surface area contributed by atoms with E-state index in [-0.39, 0.29) is 12.5 Å². The molecule has 0 atom stereocenters. The zero-order chi connectivity index (χ0) is 24.2. The van der Waals surface area contributed by atoms with Crippen molar-refractivity contribution in [1.82, 2.24) is 10.7 Å². The van der Waals surface area contributed by atoms with Crippen molar-refractivity contribution >= 4 is 28.8 Å². The van der Waals surface area contributed by atoms with Gasteiger partial charge in [-0.3, -0.25) is 9.59 Å². The maximum absolute atomic E-state index is 12.1. The second-order valence-corrected chi connectivity index (χ2v) is 7.82. The molecule has 7 nitrogen and oxygen atoms in total. The smallest absolute Gasteiger partial charge is 0.259 e. The molecule has 0 fully saturated rings. The van der Waals surface area contributed by atoms with Crippen LogP contribution in [0.5, 0.6) is 11.5 Å². The molecule has 0 spiro atoms. The number of nitrogens with one attached hydrogen (secondary N) is 2. The van der Waals surface area contributed by atoms with Crippen LogP contribution in [0.25, 0.3) is 10.8 Å². The van der Waals surface area contributed by atoms with Crippen molar-refractivity contribution in [2.75, 3.05) is 20.3 Å². The molecule has 34 heavy (non-hydrogen) atoms. The van der Waals surface area contributed by atoms with E-state index in [1.54, 1.807) is 13.3 Å². The Balaban J connectivity index is 1.46. The maximum atomic E-state index is 12.1. The molecule has 0 aliphatic carbocycles. The Morgan fingerprint density at radius 2 is 1.79 bits per heavy atom. The van der Waals surface area contributed by atoms with Crippen LogP contribution in [0, 0.1) is 0 Å². The predicted molar refractivity (Wildman–Crippen MR) is 134 cm³/mol. The van der Waals surface area contributed by atoms with Gasteiger partial charge in [0.2, 0.25) is 5.91 Å². The first-order valence-electron chi connectivity index (χ1n) is 11.5. The number of aryl methyl sites for hydroxylation is 1. The molecule has 3 aromatic rings. The van der Waals surface area contributed by atoms with Gasteiger partial charge in [-0.05, 0) is 53.8 Å². The van der Waals surface area contributed by atoms with Gasteiger partial charge in [0.1, 0.15) is 11.5 Å². The van der Waals surface area contributed by atoms with Gasteiger partial charge in [-0.1, -0.05) is 49.4 Å². The molecule has 3 aromatic carbocycles. The second kappa shape index (κ2) is 13.0. The van der Waals surface area contributed by atoms with E-state index in [4.69, 9.17) is 9.47 Å². The highest BCUT2D eigenvalue weighted by Gasteiger charge is 2.08. The van der Waals surface area contributed by atoms with E-state index < -0.39 is 5.91 Å². The number of rotatable bonds is 12. The van der Waals surface area contributed by atoms with E-state index >= 15 is 0 Å². The summed E-state index contributed by atoms with van der Waals surface area (Å²) in [6.45, 7) is 2.51. The molecular formula is C27H31N3O4. The van der Waals surface area contributed by atoms with Crippen molar-refractivity contribution in [2.24, 2.45) is 5.10 Å². The van der Waals surface area contributed by atoms with E-state index in [2.05, 4.69) is 15.8 Å². The summed E-state index contributed by atoms with van der Waals surface area (Å²) in [6.07, 6.45) is 4.29. The zero-order valence-corrected chi connectivity index (χ0v) is 19.7. The van der Waals surface area contributed by atoms with Crippen LogP contribution in [0.1, 0.15) is 37.3 Å². The highest BCUT2D eigenvalue weighted by Crippen LogP contribution is 2.26. The summed E-state index contributed by atoms with van der Waals surface area (Å²) >= 11 is 0. The minimum atomic E-state index is -0.393. The number of ether oxygens (including phenoxy) is 2. The van der Waals surface area contributed by atoms with Crippen molar-refractivity contribution in [3.8, 4) is 11.5 Å². The number of hydrazone groups is 1. The van der Waals surface area contributed by atoms with Crippen LogP contribution in [-0.4, -0.2) is 38.3 Å². The van der Waals surface area contributed by atoms with E-state index in [1.165, 1.54) is 0 Å². The summed E-state index contributed by atoms with van der Waals surface area (Å²) in [6, 6.07) is 19.6. The summed E-state index contributed by atoms with van der Waals surface area (Å²) < 4.78 is 11.0. The van der Waals surface area contributed by atoms with Crippen LogP contribution in [-0.2, 0) is 16.0 Å². The van der Waals surface area contributed by atoms with Gasteiger partial charge in [0.15, 0.2) is 0 Å². The lowest BCUT2D eigenvalue weighted by Gasteiger charge is -2.11. The minimum absolute atomic E-state index is 0.132. The fourth-order valence-electron chi connectivity index (χ4n) is 3.47. The summed E-state index contributed by atoms with van der Waals surface area (Å²) in [7, 11) is 1.63. The van der Waals surface area contributed by atoms with Gasteiger partial charge >= 0.3 is 0 Å². The highest BCUT2D eigenvalue weighted by atomic mass is 16.5. The first-order valence-corrected chi connectivity index (χ1v) is 11.5. The molecule has 178 valence electrons. The van der Waals surface area contributed by atoms with Gasteiger partial charge in [0.25, 0.3) is 5.91 Å². The van der Waals surface area contributed by atoms with E-state index in [9.17, 15) is 9.59 Å². The molecule has 0 radical (unpaired) electrons. The van der Waals surface area contributed by atoms with E-state index in [1.807, 2.05) is 67.6 Å². The average molecular weight is 462 g/mol. The molecule has 0 aromatic heterocycles. The number of fused-ring (bicyclic) bond motifs is 1. The zero-order valence-electron chi connectivity index (χ0n) is 19.7. The van der Waals surface area contributed by atoms with Gasteiger partial charge in [0, 0.05) is 12.0 Å². The maximum Gasteiger partial charge on any atom is 0.259 e. The molecule has 0 saturated heterocycles. The number of hydrogen-bond donors (Lipinski definition) is 2. The number of carbonyl (C=O) groups excluding carboxylic acids is 2. The largest absolute Gasteiger partial charge is 0.497 e. The van der Waals surface area contributed by atoms with Gasteiger partial charge in [-0.2, -0.15) is 5.10 Å². The van der Waals surface area contributed by atoms with Crippen LogP contribution < -0.4 is 20.2 Å². The third-order valence-electron chi connectivity index (χ3n) is 5.25. The first-order chi connectivity index (χ1) is 16.6. The van der Waals surface area contributed by atoms with Crippen molar-refractivity contribution in [1.29, 1.82) is 0 Å². The molecule has 0 unspecified atom stereocenters. The Morgan fingerprint density at radius 1 is 1.00 bits per heavy atom. The fourth-order valence-corrected chi connectivity index (χ4v) is 3.47. The van der Waals surface area contributed by atoms with Crippen molar-refractivity contribution < 1.29 is 19.1 Å². The number of nitrogens with zero attached hydrogens (tertiary/aromatic N) is 1. The van der Waals surface area contributed by atoms with Crippen LogP contribution >= 0.6 is 0 Å². The number of hydrogen-bond acceptors (Lipinski definition) is 5. The lowest BCUT2D eigenvalue weighted by Crippen LogP contribution is -2.34. The SMILES string of the molecule is CCCOc1ccc2ccccc2c1/C=N\NC(=O)CNC(=O)CCCc1ccc(OC)cc1. The lowest BCUT2D eigenvalue weighted by atomic mass is 10.0. The average Bonchev–Trinajstić information content (AvgIpc) is 2.87. The van der Waals surface area contributed by atoms with Gasteiger partial charge in [-0.25, -0.2) is 5.43 Å². The molecule has 3 rings (SSSR count). The van der Waals surface area contributed by atoms with Gasteiger partial charge < -0.3 is 14.8 Å². The predicted octanol–water partition coefficient (Wildman–Crippen LogP) is 4.23. The van der Waals surface area contributed by atoms with Crippen LogP contribution in [0.2, 0.25) is 0 Å². The monoisotopic (exact) mass is 461 g/mol. The molecule has 0 aliphatic heterocycles. The van der Waals surface area contributed by atoms with Crippen LogP contribution in [0.15, 0.2) is 65.8 Å². The number of carbonyl (C=O) groups is 2. The van der Waals surface area contributed by atoms with Crippen LogP contribution in [0.3, 0.4) is 0 Å². The van der Waals surface area contributed by atoms with Crippen LogP contribution in [0.4, 0.5) is 0 Å². The third-order valence-corrected chi connectivity index (χ3v) is 5.25. The summed E-state index contributed by atoms with van der Waals surface area (Å²) in [5, 5.41) is 8.77. The summed E-state index contributed by atoms with van der Waals surface area (Å²) in [5.74, 6) is 0.956. The topological polar surface area (TPSA) is 89.0 Å². The highest BCUT2D eigenvalue weighted by molar-refractivity contribution is 6.02. The number of benzene rings is 3. The Hall–Kier alpha value is -3.87. The normalized spacial score (nSPS) is 10.9. The summed E-state index contributed by atoms with van der Waals surface area (Å²) in [5.41, 5.74) is 4.41. The third kappa shape index (κ3) is 7.33. The Kier molecular flexibility index (Phi) is 9.46. The quantitative estimate of drug-likeness (QED) is 0.312. The first kappa shape index (κ1) is 24.8. The molecule has 0 saturated carbocycles. The van der Waals surface area contributed by atoms with Crippen molar-refractivity contribution in [2.45, 2.75) is 32.6 Å². The Morgan fingerprint density at radius 3 is 2.56 bits per heavy atom. The number of methoxy groups -OCH3 is 1. The lowest BCUT2D eigenvalue weighted by molar-refractivity contribution is -0.126.